The van der Waals surface area contributed by atoms with Crippen LogP contribution in [0.1, 0.15) is 5.82 Å². The van der Waals surface area contributed by atoms with Crippen LogP contribution in [-0.4, -0.2) is 24.7 Å². The molecule has 4 rings (SSSR count). The first-order valence-corrected chi connectivity index (χ1v) is 8.90. The largest absolute Gasteiger partial charge is 0.383 e. The van der Waals surface area contributed by atoms with E-state index in [4.69, 9.17) is 5.73 Å². The van der Waals surface area contributed by atoms with E-state index in [0.717, 1.165) is 10.9 Å². The maximum atomic E-state index is 14.0. The molecule has 0 spiro atoms. The highest BCUT2D eigenvalue weighted by Crippen LogP contribution is 2.27. The molecule has 4 aromatic rings. The normalized spacial score (nSPS) is 11.2. The molecule has 2 aromatic heterocycles. The third-order valence-corrected chi connectivity index (χ3v) is 4.98. The van der Waals surface area contributed by atoms with Crippen molar-refractivity contribution in [1.29, 1.82) is 0 Å². The van der Waals surface area contributed by atoms with Crippen molar-refractivity contribution in [3.05, 3.63) is 60.2 Å². The highest BCUT2D eigenvalue weighted by Gasteiger charge is 2.15. The summed E-state index contributed by atoms with van der Waals surface area (Å²) in [6.45, 7) is 0. The molecule has 26 heavy (non-hydrogen) atoms. The molecule has 0 aliphatic carbocycles. The summed E-state index contributed by atoms with van der Waals surface area (Å²) in [5.74, 6) is 1.70. The standard InChI is InChI=1S/C18H15FN6S/c1-25-17(11-6-2-4-8-13(11)19)23-24-18(25)26-10-15-21-14-9-5-3-7-12(14)16(20)22-15/h2-9H,10H2,1H3,(H2,20,21,22). The zero-order chi connectivity index (χ0) is 18.1. The molecule has 2 heterocycles. The van der Waals surface area contributed by atoms with Crippen LogP contribution < -0.4 is 5.73 Å². The average Bonchev–Trinajstić information content (AvgIpc) is 3.01. The number of thioether (sulfide) groups is 1. The van der Waals surface area contributed by atoms with Gasteiger partial charge in [-0.3, -0.25) is 0 Å². The minimum absolute atomic E-state index is 0.329. The number of aromatic nitrogens is 5. The van der Waals surface area contributed by atoms with Gasteiger partial charge in [0.1, 0.15) is 17.5 Å². The fraction of sp³-hybridized carbons (Fsp3) is 0.111. The van der Waals surface area contributed by atoms with Gasteiger partial charge in [0.25, 0.3) is 0 Å². The lowest BCUT2D eigenvalue weighted by molar-refractivity contribution is 0.628. The molecule has 0 saturated heterocycles. The number of hydrogen-bond acceptors (Lipinski definition) is 6. The van der Waals surface area contributed by atoms with E-state index in [1.165, 1.54) is 17.8 Å². The van der Waals surface area contributed by atoms with Gasteiger partial charge in [-0.05, 0) is 24.3 Å². The van der Waals surface area contributed by atoms with E-state index >= 15 is 0 Å². The molecule has 2 N–H and O–H groups in total. The summed E-state index contributed by atoms with van der Waals surface area (Å²) >= 11 is 1.43. The van der Waals surface area contributed by atoms with Crippen LogP contribution in [0.15, 0.2) is 53.7 Å². The number of benzene rings is 2. The molecular formula is C18H15FN6S. The number of para-hydroxylation sites is 1. The number of hydrogen-bond donors (Lipinski definition) is 1. The predicted octanol–water partition coefficient (Wildman–Crippen LogP) is 3.44. The number of nitrogen functional groups attached to an aromatic ring is 1. The van der Waals surface area contributed by atoms with Gasteiger partial charge in [0.05, 0.1) is 16.8 Å². The first kappa shape index (κ1) is 16.5. The summed E-state index contributed by atoms with van der Waals surface area (Å²) in [4.78, 5) is 8.88. The van der Waals surface area contributed by atoms with E-state index in [0.29, 0.717) is 33.9 Å². The fourth-order valence-corrected chi connectivity index (χ4v) is 3.43. The summed E-state index contributed by atoms with van der Waals surface area (Å²) in [5, 5.41) is 9.76. The Kier molecular flexibility index (Phi) is 4.26. The number of fused-ring (bicyclic) bond motifs is 1. The Labute approximate surface area is 153 Å². The Bertz CT molecular complexity index is 1090. The second-order valence-corrected chi connectivity index (χ2v) is 6.62. The summed E-state index contributed by atoms with van der Waals surface area (Å²) in [6, 6.07) is 14.1. The van der Waals surface area contributed by atoms with Gasteiger partial charge < -0.3 is 10.3 Å². The molecule has 0 radical (unpaired) electrons. The second kappa shape index (κ2) is 6.72. The Balaban J connectivity index is 1.59. The van der Waals surface area contributed by atoms with Gasteiger partial charge in [0, 0.05) is 12.4 Å². The summed E-state index contributed by atoms with van der Waals surface area (Å²) in [6.07, 6.45) is 0. The molecule has 0 fully saturated rings. The van der Waals surface area contributed by atoms with Crippen molar-refractivity contribution in [3.63, 3.8) is 0 Å². The number of anilines is 1. The van der Waals surface area contributed by atoms with Gasteiger partial charge in [-0.15, -0.1) is 10.2 Å². The molecule has 0 unspecified atom stereocenters. The van der Waals surface area contributed by atoms with E-state index < -0.39 is 0 Å². The van der Waals surface area contributed by atoms with Crippen molar-refractivity contribution >= 4 is 28.5 Å². The first-order chi connectivity index (χ1) is 12.6. The maximum absolute atomic E-state index is 14.0. The molecule has 0 aliphatic rings. The van der Waals surface area contributed by atoms with Crippen LogP contribution in [0.2, 0.25) is 0 Å². The van der Waals surface area contributed by atoms with Gasteiger partial charge in [0.15, 0.2) is 11.0 Å². The van der Waals surface area contributed by atoms with Crippen LogP contribution in [0.4, 0.5) is 10.2 Å². The molecule has 0 saturated carbocycles. The van der Waals surface area contributed by atoms with Crippen molar-refractivity contribution < 1.29 is 4.39 Å². The fourth-order valence-electron chi connectivity index (χ4n) is 2.66. The molecule has 0 atom stereocenters. The summed E-state index contributed by atoms with van der Waals surface area (Å²) in [5.41, 5.74) is 7.24. The molecule has 0 bridgehead atoms. The summed E-state index contributed by atoms with van der Waals surface area (Å²) in [7, 11) is 1.81. The monoisotopic (exact) mass is 366 g/mol. The molecule has 8 heteroatoms. The van der Waals surface area contributed by atoms with Gasteiger partial charge in [0.2, 0.25) is 0 Å². The smallest absolute Gasteiger partial charge is 0.191 e. The lowest BCUT2D eigenvalue weighted by Crippen LogP contribution is -2.01. The quantitative estimate of drug-likeness (QED) is 0.557. The first-order valence-electron chi connectivity index (χ1n) is 7.91. The SMILES string of the molecule is Cn1c(SCc2nc(N)c3ccccc3n2)nnc1-c1ccccc1F. The molecule has 0 aliphatic heterocycles. The van der Waals surface area contributed by atoms with Crippen molar-refractivity contribution in [1.82, 2.24) is 24.7 Å². The third-order valence-electron chi connectivity index (χ3n) is 3.96. The third kappa shape index (κ3) is 2.99. The van der Waals surface area contributed by atoms with Crippen LogP contribution in [0, 0.1) is 5.82 Å². The van der Waals surface area contributed by atoms with Crippen molar-refractivity contribution in [3.8, 4) is 11.4 Å². The van der Waals surface area contributed by atoms with Gasteiger partial charge in [-0.25, -0.2) is 14.4 Å². The van der Waals surface area contributed by atoms with Crippen LogP contribution in [0.25, 0.3) is 22.3 Å². The van der Waals surface area contributed by atoms with Crippen LogP contribution in [0.3, 0.4) is 0 Å². The maximum Gasteiger partial charge on any atom is 0.191 e. The molecule has 0 amide bonds. The molecular weight excluding hydrogens is 351 g/mol. The zero-order valence-corrected chi connectivity index (χ0v) is 14.7. The Morgan fingerprint density at radius 1 is 1.04 bits per heavy atom. The van der Waals surface area contributed by atoms with E-state index in [-0.39, 0.29) is 5.82 Å². The zero-order valence-electron chi connectivity index (χ0n) is 13.9. The number of nitrogens with two attached hydrogens (primary N) is 1. The lowest BCUT2D eigenvalue weighted by atomic mass is 10.2. The number of rotatable bonds is 4. The van der Waals surface area contributed by atoms with Gasteiger partial charge in [-0.1, -0.05) is 36.0 Å². The topological polar surface area (TPSA) is 82.5 Å². The van der Waals surface area contributed by atoms with Crippen molar-refractivity contribution in [2.75, 3.05) is 5.73 Å². The molecule has 6 nitrogen and oxygen atoms in total. The Hall–Kier alpha value is -3.00. The second-order valence-electron chi connectivity index (χ2n) is 5.68. The molecule has 2 aromatic carbocycles. The minimum Gasteiger partial charge on any atom is -0.383 e. The lowest BCUT2D eigenvalue weighted by Gasteiger charge is -2.06. The van der Waals surface area contributed by atoms with Crippen LogP contribution in [0.5, 0.6) is 0 Å². The highest BCUT2D eigenvalue weighted by molar-refractivity contribution is 7.98. The van der Waals surface area contributed by atoms with E-state index in [1.54, 1.807) is 29.8 Å². The van der Waals surface area contributed by atoms with Crippen molar-refractivity contribution in [2.24, 2.45) is 7.05 Å². The predicted molar refractivity (Wildman–Crippen MR) is 99.9 cm³/mol. The molecule has 130 valence electrons. The summed E-state index contributed by atoms with van der Waals surface area (Å²) < 4.78 is 15.7. The Morgan fingerprint density at radius 2 is 1.81 bits per heavy atom. The highest BCUT2D eigenvalue weighted by atomic mass is 32.2. The van der Waals surface area contributed by atoms with E-state index in [1.807, 2.05) is 24.3 Å². The van der Waals surface area contributed by atoms with E-state index in [2.05, 4.69) is 20.2 Å². The van der Waals surface area contributed by atoms with Crippen LogP contribution in [-0.2, 0) is 12.8 Å². The van der Waals surface area contributed by atoms with Gasteiger partial charge in [-0.2, -0.15) is 0 Å². The van der Waals surface area contributed by atoms with Gasteiger partial charge >= 0.3 is 0 Å². The number of halogens is 1. The van der Waals surface area contributed by atoms with Crippen LogP contribution >= 0.6 is 11.8 Å². The minimum atomic E-state index is -0.329. The average molecular weight is 366 g/mol. The Morgan fingerprint density at radius 3 is 2.65 bits per heavy atom. The number of nitrogens with zero attached hydrogens (tertiary/aromatic N) is 5. The van der Waals surface area contributed by atoms with Crippen molar-refractivity contribution in [2.45, 2.75) is 10.9 Å². The van der Waals surface area contributed by atoms with E-state index in [9.17, 15) is 4.39 Å².